The monoisotopic (exact) mass is 418 g/mol. The quantitative estimate of drug-likeness (QED) is 0.639. The molecule has 1 aliphatic carbocycles. The van der Waals surface area contributed by atoms with E-state index in [2.05, 4.69) is 21.5 Å². The highest BCUT2D eigenvalue weighted by molar-refractivity contribution is 6.07. The molecular weight excluding hydrogens is 396 g/mol. The molecule has 1 N–H and O–H groups in total. The number of imide groups is 1. The minimum atomic E-state index is -1.12. The van der Waals surface area contributed by atoms with E-state index in [0.717, 1.165) is 35.3 Å². The molecule has 1 aromatic heterocycles. The van der Waals surface area contributed by atoms with Gasteiger partial charge in [-0.15, -0.1) is 0 Å². The van der Waals surface area contributed by atoms with Crippen molar-refractivity contribution in [3.05, 3.63) is 65.0 Å². The van der Waals surface area contributed by atoms with Crippen LogP contribution in [-0.4, -0.2) is 34.1 Å². The molecule has 158 valence electrons. The third kappa shape index (κ3) is 3.24. The van der Waals surface area contributed by atoms with Crippen molar-refractivity contribution in [2.45, 2.75) is 38.3 Å². The highest BCUT2D eigenvalue weighted by Gasteiger charge is 2.49. The summed E-state index contributed by atoms with van der Waals surface area (Å²) in [6.07, 6.45) is 3.18. The first-order valence-corrected chi connectivity index (χ1v) is 10.2. The van der Waals surface area contributed by atoms with E-state index in [1.54, 1.807) is 20.1 Å². The molecule has 1 fully saturated rings. The first-order valence-electron chi connectivity index (χ1n) is 10.2. The number of nitrogens with zero attached hydrogens (tertiary/aromatic N) is 3. The first-order chi connectivity index (χ1) is 15.0. The normalized spacial score (nSPS) is 20.1. The van der Waals surface area contributed by atoms with Crippen molar-refractivity contribution in [1.29, 1.82) is 0 Å². The molecule has 0 bridgehead atoms. The van der Waals surface area contributed by atoms with E-state index in [1.807, 2.05) is 30.3 Å². The van der Waals surface area contributed by atoms with Crippen LogP contribution in [-0.2, 0) is 29.7 Å². The second kappa shape index (κ2) is 7.23. The fourth-order valence-corrected chi connectivity index (χ4v) is 4.25. The summed E-state index contributed by atoms with van der Waals surface area (Å²) in [5.74, 6) is 0.876. The SMILES string of the molecule is COc1cccc(-c2noc(CN3C(=O)N[C@@](C)(c4ccc5c(c4)CCC5)C3=O)n2)c1. The van der Waals surface area contributed by atoms with Gasteiger partial charge >= 0.3 is 6.03 Å². The van der Waals surface area contributed by atoms with Gasteiger partial charge in [-0.2, -0.15) is 4.98 Å². The van der Waals surface area contributed by atoms with Crippen molar-refractivity contribution in [2.75, 3.05) is 7.11 Å². The average Bonchev–Trinajstić information content (AvgIpc) is 3.49. The first kappa shape index (κ1) is 19.3. The van der Waals surface area contributed by atoms with E-state index in [9.17, 15) is 9.59 Å². The number of hydrogen-bond acceptors (Lipinski definition) is 6. The number of hydrogen-bond donors (Lipinski definition) is 1. The van der Waals surface area contributed by atoms with Crippen LogP contribution in [0.15, 0.2) is 47.0 Å². The molecule has 5 rings (SSSR count). The maximum atomic E-state index is 13.2. The van der Waals surface area contributed by atoms with Gasteiger partial charge in [-0.3, -0.25) is 9.69 Å². The number of urea groups is 1. The minimum absolute atomic E-state index is 0.0951. The van der Waals surface area contributed by atoms with Crippen molar-refractivity contribution in [3.63, 3.8) is 0 Å². The number of rotatable bonds is 5. The van der Waals surface area contributed by atoms with Crippen molar-refractivity contribution in [2.24, 2.45) is 0 Å². The maximum absolute atomic E-state index is 13.2. The molecule has 0 saturated carbocycles. The predicted molar refractivity (Wildman–Crippen MR) is 111 cm³/mol. The van der Waals surface area contributed by atoms with Crippen LogP contribution < -0.4 is 10.1 Å². The molecule has 8 heteroatoms. The van der Waals surface area contributed by atoms with E-state index in [0.29, 0.717) is 11.6 Å². The Labute approximate surface area is 179 Å². The number of nitrogens with one attached hydrogen (secondary N) is 1. The molecule has 1 aliphatic heterocycles. The van der Waals surface area contributed by atoms with Crippen molar-refractivity contribution >= 4 is 11.9 Å². The summed E-state index contributed by atoms with van der Waals surface area (Å²) in [5, 5.41) is 6.82. The van der Waals surface area contributed by atoms with Crippen LogP contribution in [0.25, 0.3) is 11.4 Å². The van der Waals surface area contributed by atoms with Gasteiger partial charge in [0.15, 0.2) is 0 Å². The van der Waals surface area contributed by atoms with Crippen molar-refractivity contribution < 1.29 is 18.8 Å². The molecule has 2 aliphatic rings. The number of carbonyl (C=O) groups is 2. The van der Waals surface area contributed by atoms with Crippen LogP contribution in [0.4, 0.5) is 4.79 Å². The Hall–Kier alpha value is -3.68. The molecule has 3 amide bonds. The fourth-order valence-electron chi connectivity index (χ4n) is 4.25. The highest BCUT2D eigenvalue weighted by atomic mass is 16.5. The van der Waals surface area contributed by atoms with Crippen molar-refractivity contribution in [1.82, 2.24) is 20.4 Å². The molecule has 3 aromatic rings. The summed E-state index contributed by atoms with van der Waals surface area (Å²) in [6, 6.07) is 12.8. The van der Waals surface area contributed by atoms with Crippen LogP contribution >= 0.6 is 0 Å². The second-order valence-corrected chi connectivity index (χ2v) is 8.03. The number of benzene rings is 2. The molecule has 0 unspecified atom stereocenters. The van der Waals surface area contributed by atoms with E-state index in [1.165, 1.54) is 11.1 Å². The topological polar surface area (TPSA) is 97.6 Å². The fraction of sp³-hybridized carbons (Fsp3) is 0.304. The Morgan fingerprint density at radius 1 is 1.16 bits per heavy atom. The zero-order valence-electron chi connectivity index (χ0n) is 17.3. The molecule has 2 heterocycles. The molecular formula is C23H22N4O4. The summed E-state index contributed by atoms with van der Waals surface area (Å²) < 4.78 is 10.5. The molecule has 1 atom stereocenters. The summed E-state index contributed by atoms with van der Waals surface area (Å²) in [4.78, 5) is 31.4. The summed E-state index contributed by atoms with van der Waals surface area (Å²) in [7, 11) is 1.58. The predicted octanol–water partition coefficient (Wildman–Crippen LogP) is 3.20. The lowest BCUT2D eigenvalue weighted by Crippen LogP contribution is -2.41. The van der Waals surface area contributed by atoms with E-state index >= 15 is 0 Å². The van der Waals surface area contributed by atoms with Gasteiger partial charge in [-0.05, 0) is 55.0 Å². The number of methoxy groups -OCH3 is 1. The smallest absolute Gasteiger partial charge is 0.325 e. The number of amides is 3. The Bertz CT molecular complexity index is 1190. The van der Waals surface area contributed by atoms with Crippen LogP contribution in [0.5, 0.6) is 5.75 Å². The Morgan fingerprint density at radius 3 is 2.84 bits per heavy atom. The number of aromatic nitrogens is 2. The lowest BCUT2D eigenvalue weighted by atomic mass is 9.90. The summed E-state index contributed by atoms with van der Waals surface area (Å²) >= 11 is 0. The van der Waals surface area contributed by atoms with Crippen LogP contribution in [0, 0.1) is 0 Å². The highest BCUT2D eigenvalue weighted by Crippen LogP contribution is 2.33. The van der Waals surface area contributed by atoms with E-state index < -0.39 is 11.6 Å². The van der Waals surface area contributed by atoms with Gasteiger partial charge < -0.3 is 14.6 Å². The summed E-state index contributed by atoms with van der Waals surface area (Å²) in [5.41, 5.74) is 2.95. The molecule has 0 radical (unpaired) electrons. The zero-order valence-corrected chi connectivity index (χ0v) is 17.3. The van der Waals surface area contributed by atoms with Crippen LogP contribution in [0.3, 0.4) is 0 Å². The largest absolute Gasteiger partial charge is 0.497 e. The standard InChI is InChI=1S/C23H22N4O4/c1-23(17-10-9-14-5-3-6-15(14)11-17)21(28)27(22(29)25-23)13-19-24-20(26-31-19)16-7-4-8-18(12-16)30-2/h4,7-12H,3,5-6,13H2,1-2H3,(H,25,29)/t23-/m0/s1. The molecule has 2 aromatic carbocycles. The van der Waals surface area contributed by atoms with Gasteiger partial charge in [-0.25, -0.2) is 4.79 Å². The molecule has 31 heavy (non-hydrogen) atoms. The van der Waals surface area contributed by atoms with Gasteiger partial charge in [0.05, 0.1) is 7.11 Å². The molecule has 1 saturated heterocycles. The third-order valence-corrected chi connectivity index (χ3v) is 6.04. The lowest BCUT2D eigenvalue weighted by molar-refractivity contribution is -0.131. The van der Waals surface area contributed by atoms with Gasteiger partial charge in [0, 0.05) is 5.56 Å². The Morgan fingerprint density at radius 2 is 2.00 bits per heavy atom. The second-order valence-electron chi connectivity index (χ2n) is 8.03. The molecule has 8 nitrogen and oxygen atoms in total. The third-order valence-electron chi connectivity index (χ3n) is 6.04. The van der Waals surface area contributed by atoms with Gasteiger partial charge in [0.25, 0.3) is 5.91 Å². The average molecular weight is 418 g/mol. The Kier molecular flexibility index (Phi) is 4.50. The number of ether oxygens (including phenoxy) is 1. The lowest BCUT2D eigenvalue weighted by Gasteiger charge is -2.22. The van der Waals surface area contributed by atoms with Crippen LogP contribution in [0.1, 0.15) is 35.9 Å². The maximum Gasteiger partial charge on any atom is 0.325 e. The van der Waals surface area contributed by atoms with Crippen LogP contribution in [0.2, 0.25) is 0 Å². The number of fused-ring (bicyclic) bond motifs is 1. The Balaban J connectivity index is 1.38. The zero-order chi connectivity index (χ0) is 21.6. The van der Waals surface area contributed by atoms with Crippen molar-refractivity contribution in [3.8, 4) is 17.1 Å². The van der Waals surface area contributed by atoms with E-state index in [4.69, 9.17) is 9.26 Å². The van der Waals surface area contributed by atoms with Gasteiger partial charge in [0.2, 0.25) is 11.7 Å². The molecule has 0 spiro atoms. The van der Waals surface area contributed by atoms with Gasteiger partial charge in [-0.1, -0.05) is 35.5 Å². The number of aryl methyl sites for hydroxylation is 2. The van der Waals surface area contributed by atoms with E-state index in [-0.39, 0.29) is 18.3 Å². The number of carbonyl (C=O) groups excluding carboxylic acids is 2. The minimum Gasteiger partial charge on any atom is -0.497 e. The summed E-state index contributed by atoms with van der Waals surface area (Å²) in [6.45, 7) is 1.64. The van der Waals surface area contributed by atoms with Gasteiger partial charge in [0.1, 0.15) is 17.8 Å².